The molecule has 1 aliphatic carbocycles. The molecular formula is C20H28N4O5. The van der Waals surface area contributed by atoms with Gasteiger partial charge in [0.15, 0.2) is 5.65 Å². The minimum absolute atomic E-state index is 0.00666. The average Bonchev–Trinajstić information content (AvgIpc) is 3.07. The fraction of sp³-hybridized carbons (Fsp3) is 0.600. The summed E-state index contributed by atoms with van der Waals surface area (Å²) in [5.41, 5.74) is 0.313. The summed E-state index contributed by atoms with van der Waals surface area (Å²) >= 11 is 0. The van der Waals surface area contributed by atoms with Crippen molar-refractivity contribution in [3.63, 3.8) is 0 Å². The summed E-state index contributed by atoms with van der Waals surface area (Å²) in [7, 11) is 2.82. The van der Waals surface area contributed by atoms with E-state index >= 15 is 0 Å². The van der Waals surface area contributed by atoms with Crippen LogP contribution in [0.5, 0.6) is 5.75 Å². The number of esters is 1. The van der Waals surface area contributed by atoms with Gasteiger partial charge in [0.05, 0.1) is 20.4 Å². The molecule has 2 atom stereocenters. The molecule has 2 aromatic heterocycles. The molecule has 0 aliphatic heterocycles. The lowest BCUT2D eigenvalue weighted by Gasteiger charge is -2.30. The van der Waals surface area contributed by atoms with Crippen LogP contribution in [0.2, 0.25) is 0 Å². The maximum absolute atomic E-state index is 12.1. The molecule has 0 saturated heterocycles. The summed E-state index contributed by atoms with van der Waals surface area (Å²) < 4.78 is 17.4. The van der Waals surface area contributed by atoms with E-state index in [0.717, 1.165) is 31.5 Å². The highest BCUT2D eigenvalue weighted by atomic mass is 16.6. The van der Waals surface area contributed by atoms with Crippen molar-refractivity contribution in [1.29, 1.82) is 0 Å². The Hall–Kier alpha value is -2.84. The SMILES string of the molecule is COC(=O)c1cc2nnc([C@H]3CCC[C@@H](NC(=O)OC(C)(C)C)C3)n2cc1OC. The second-order valence-electron chi connectivity index (χ2n) is 8.24. The molecule has 1 saturated carbocycles. The first-order chi connectivity index (χ1) is 13.7. The van der Waals surface area contributed by atoms with Gasteiger partial charge in [-0.2, -0.15) is 0 Å². The zero-order chi connectivity index (χ0) is 21.2. The number of pyridine rings is 1. The Bertz CT molecular complexity index is 902. The number of aromatic nitrogens is 3. The fourth-order valence-corrected chi connectivity index (χ4v) is 3.67. The third kappa shape index (κ3) is 4.78. The number of rotatable bonds is 4. The van der Waals surface area contributed by atoms with Crippen LogP contribution >= 0.6 is 0 Å². The van der Waals surface area contributed by atoms with Crippen molar-refractivity contribution in [2.24, 2.45) is 0 Å². The van der Waals surface area contributed by atoms with Crippen molar-refractivity contribution in [3.8, 4) is 5.75 Å². The lowest BCUT2D eigenvalue weighted by Crippen LogP contribution is -2.41. The first-order valence-electron chi connectivity index (χ1n) is 9.72. The second kappa shape index (κ2) is 8.26. The fourth-order valence-electron chi connectivity index (χ4n) is 3.67. The Kier molecular flexibility index (Phi) is 5.95. The van der Waals surface area contributed by atoms with E-state index in [2.05, 4.69) is 15.5 Å². The number of amides is 1. The minimum atomic E-state index is -0.532. The number of hydrogen-bond acceptors (Lipinski definition) is 7. The molecule has 2 aromatic rings. The summed E-state index contributed by atoms with van der Waals surface area (Å²) in [6.45, 7) is 5.53. The van der Waals surface area contributed by atoms with Crippen LogP contribution in [-0.2, 0) is 9.47 Å². The van der Waals surface area contributed by atoms with Crippen molar-refractivity contribution < 1.29 is 23.8 Å². The van der Waals surface area contributed by atoms with Gasteiger partial charge in [0.25, 0.3) is 0 Å². The first-order valence-corrected chi connectivity index (χ1v) is 9.72. The minimum Gasteiger partial charge on any atom is -0.494 e. The van der Waals surface area contributed by atoms with Gasteiger partial charge in [-0.05, 0) is 40.0 Å². The summed E-state index contributed by atoms with van der Waals surface area (Å²) in [5, 5.41) is 11.5. The molecule has 0 spiro atoms. The van der Waals surface area contributed by atoms with Crippen LogP contribution < -0.4 is 10.1 Å². The predicted molar refractivity (Wildman–Crippen MR) is 105 cm³/mol. The third-order valence-electron chi connectivity index (χ3n) is 4.92. The van der Waals surface area contributed by atoms with E-state index in [9.17, 15) is 9.59 Å². The number of carbonyl (C=O) groups excluding carboxylic acids is 2. The average molecular weight is 404 g/mol. The zero-order valence-corrected chi connectivity index (χ0v) is 17.5. The van der Waals surface area contributed by atoms with Gasteiger partial charge in [-0.1, -0.05) is 6.42 Å². The van der Waals surface area contributed by atoms with Crippen molar-refractivity contribution in [2.45, 2.75) is 64.0 Å². The molecule has 0 radical (unpaired) electrons. The molecule has 1 aliphatic rings. The van der Waals surface area contributed by atoms with Gasteiger partial charge in [0, 0.05) is 18.0 Å². The third-order valence-corrected chi connectivity index (χ3v) is 4.92. The number of fused-ring (bicyclic) bond motifs is 1. The monoisotopic (exact) mass is 404 g/mol. The first kappa shape index (κ1) is 20.9. The summed E-state index contributed by atoms with van der Waals surface area (Å²) in [4.78, 5) is 24.1. The number of methoxy groups -OCH3 is 2. The molecule has 1 fully saturated rings. The molecule has 1 N–H and O–H groups in total. The van der Waals surface area contributed by atoms with Crippen molar-refractivity contribution in [1.82, 2.24) is 19.9 Å². The Morgan fingerprint density at radius 1 is 1.21 bits per heavy atom. The number of carbonyl (C=O) groups is 2. The predicted octanol–water partition coefficient (Wildman–Crippen LogP) is 3.08. The van der Waals surface area contributed by atoms with Gasteiger partial charge < -0.3 is 19.5 Å². The Morgan fingerprint density at radius 2 is 1.97 bits per heavy atom. The van der Waals surface area contributed by atoms with E-state index < -0.39 is 17.7 Å². The molecule has 0 aromatic carbocycles. The van der Waals surface area contributed by atoms with Gasteiger partial charge in [-0.15, -0.1) is 10.2 Å². The number of hydrogen-bond donors (Lipinski definition) is 1. The Balaban J connectivity index is 1.81. The van der Waals surface area contributed by atoms with Gasteiger partial charge in [0.1, 0.15) is 22.7 Å². The lowest BCUT2D eigenvalue weighted by atomic mass is 9.85. The van der Waals surface area contributed by atoms with E-state index in [4.69, 9.17) is 14.2 Å². The second-order valence-corrected chi connectivity index (χ2v) is 8.24. The quantitative estimate of drug-likeness (QED) is 0.781. The normalized spacial score (nSPS) is 19.6. The van der Waals surface area contributed by atoms with Gasteiger partial charge in [-0.3, -0.25) is 4.40 Å². The molecule has 2 heterocycles. The van der Waals surface area contributed by atoms with Crippen LogP contribution in [0.1, 0.15) is 68.6 Å². The van der Waals surface area contributed by atoms with E-state index in [1.54, 1.807) is 12.3 Å². The summed E-state index contributed by atoms with van der Waals surface area (Å²) in [5.74, 6) is 0.801. The topological polar surface area (TPSA) is 104 Å². The lowest BCUT2D eigenvalue weighted by molar-refractivity contribution is 0.0489. The number of nitrogens with zero attached hydrogens (tertiary/aromatic N) is 3. The molecular weight excluding hydrogens is 376 g/mol. The van der Waals surface area contributed by atoms with Crippen molar-refractivity contribution in [3.05, 3.63) is 23.7 Å². The highest BCUT2D eigenvalue weighted by Gasteiger charge is 2.29. The van der Waals surface area contributed by atoms with Gasteiger partial charge in [0.2, 0.25) is 0 Å². The molecule has 158 valence electrons. The molecule has 9 nitrogen and oxygen atoms in total. The van der Waals surface area contributed by atoms with E-state index in [1.807, 2.05) is 25.2 Å². The molecule has 0 bridgehead atoms. The molecule has 3 rings (SSSR count). The smallest absolute Gasteiger partial charge is 0.407 e. The van der Waals surface area contributed by atoms with Crippen LogP contribution in [0.3, 0.4) is 0 Å². The highest BCUT2D eigenvalue weighted by Crippen LogP contribution is 2.33. The van der Waals surface area contributed by atoms with Crippen LogP contribution in [0.15, 0.2) is 12.3 Å². The Morgan fingerprint density at radius 3 is 2.62 bits per heavy atom. The maximum atomic E-state index is 12.1. The standard InChI is InChI=1S/C20H28N4O5/c1-20(2,3)29-19(26)21-13-8-6-7-12(9-13)17-23-22-16-10-14(18(25)28-5)15(27-4)11-24(16)17/h10-13H,6-9H2,1-5H3,(H,21,26)/t12-,13+/m0/s1. The van der Waals surface area contributed by atoms with Crippen LogP contribution in [0, 0.1) is 0 Å². The zero-order valence-electron chi connectivity index (χ0n) is 17.5. The van der Waals surface area contributed by atoms with Crippen LogP contribution in [-0.4, -0.2) is 52.5 Å². The van der Waals surface area contributed by atoms with Crippen molar-refractivity contribution in [2.75, 3.05) is 14.2 Å². The number of ether oxygens (including phenoxy) is 3. The van der Waals surface area contributed by atoms with E-state index in [-0.39, 0.29) is 12.0 Å². The molecule has 1 amide bonds. The van der Waals surface area contributed by atoms with Crippen molar-refractivity contribution >= 4 is 17.7 Å². The molecule has 29 heavy (non-hydrogen) atoms. The van der Waals surface area contributed by atoms with Gasteiger partial charge >= 0.3 is 12.1 Å². The summed E-state index contributed by atoms with van der Waals surface area (Å²) in [6.07, 6.45) is 4.83. The van der Waals surface area contributed by atoms with E-state index in [0.29, 0.717) is 17.0 Å². The number of nitrogens with one attached hydrogen (secondary N) is 1. The number of alkyl carbamates (subject to hydrolysis) is 1. The van der Waals surface area contributed by atoms with Gasteiger partial charge in [-0.25, -0.2) is 9.59 Å². The van der Waals surface area contributed by atoms with E-state index in [1.165, 1.54) is 14.2 Å². The van der Waals surface area contributed by atoms with Crippen LogP contribution in [0.4, 0.5) is 4.79 Å². The molecule has 0 unspecified atom stereocenters. The highest BCUT2D eigenvalue weighted by molar-refractivity contribution is 5.93. The summed E-state index contributed by atoms with van der Waals surface area (Å²) in [6, 6.07) is 1.62. The van der Waals surface area contributed by atoms with Crippen LogP contribution in [0.25, 0.3) is 5.65 Å². The maximum Gasteiger partial charge on any atom is 0.407 e. The molecule has 9 heteroatoms. The largest absolute Gasteiger partial charge is 0.494 e. The Labute approximate surface area is 169 Å².